The number of halogens is 2. The van der Waals surface area contributed by atoms with Crippen molar-refractivity contribution in [3.05, 3.63) is 40.9 Å². The summed E-state index contributed by atoms with van der Waals surface area (Å²) in [5.41, 5.74) is -0.258. The van der Waals surface area contributed by atoms with Crippen LogP contribution in [-0.2, 0) is 4.79 Å². The summed E-state index contributed by atoms with van der Waals surface area (Å²) in [5.74, 6) is -3.77. The van der Waals surface area contributed by atoms with Crippen molar-refractivity contribution in [1.29, 1.82) is 0 Å². The van der Waals surface area contributed by atoms with Crippen molar-refractivity contribution in [2.24, 2.45) is 5.92 Å². The van der Waals surface area contributed by atoms with Gasteiger partial charge in [0.2, 0.25) is 0 Å². The van der Waals surface area contributed by atoms with Crippen LogP contribution in [0.15, 0.2) is 23.6 Å². The molecule has 1 N–H and O–H groups in total. The van der Waals surface area contributed by atoms with E-state index < -0.39 is 29.4 Å². The molecule has 1 aromatic carbocycles. The molecule has 8 heteroatoms. The first-order valence-corrected chi connectivity index (χ1v) is 7.57. The molecule has 2 rings (SSSR count). The van der Waals surface area contributed by atoms with E-state index in [0.29, 0.717) is 0 Å². The highest BCUT2D eigenvalue weighted by atomic mass is 32.1. The Kier molecular flexibility index (Phi) is 5.05. The number of thiazole rings is 1. The first-order valence-electron chi connectivity index (χ1n) is 6.69. The summed E-state index contributed by atoms with van der Waals surface area (Å²) in [6.45, 7) is 1.49. The van der Waals surface area contributed by atoms with Gasteiger partial charge >= 0.3 is 5.97 Å². The highest BCUT2D eigenvalue weighted by Crippen LogP contribution is 2.29. The van der Waals surface area contributed by atoms with Gasteiger partial charge in [0.1, 0.15) is 22.3 Å². The molecule has 1 amide bonds. The van der Waals surface area contributed by atoms with Crippen LogP contribution in [0.5, 0.6) is 0 Å². The van der Waals surface area contributed by atoms with Crippen molar-refractivity contribution < 1.29 is 23.5 Å². The van der Waals surface area contributed by atoms with Gasteiger partial charge < -0.3 is 10.0 Å². The Balaban J connectivity index is 2.22. The molecule has 2 aromatic rings. The Morgan fingerprint density at radius 2 is 1.96 bits per heavy atom. The van der Waals surface area contributed by atoms with Crippen molar-refractivity contribution in [2.45, 2.75) is 6.92 Å². The minimum atomic E-state index is -1.02. The van der Waals surface area contributed by atoms with Gasteiger partial charge in [-0.05, 0) is 12.1 Å². The maximum Gasteiger partial charge on any atom is 0.308 e. The first-order chi connectivity index (χ1) is 10.8. The predicted octanol–water partition coefficient (Wildman–Crippen LogP) is 2.88. The lowest BCUT2D eigenvalue weighted by Crippen LogP contribution is -2.33. The van der Waals surface area contributed by atoms with Crippen LogP contribution in [0.2, 0.25) is 0 Å². The molecular formula is C15H14F2N2O3S. The molecule has 0 spiro atoms. The SMILES string of the molecule is CC(CN(C)C(=O)c1csc(-c2c(F)cccc2F)n1)C(=O)O. The number of hydrogen-bond acceptors (Lipinski definition) is 4. The molecule has 0 saturated carbocycles. The minimum Gasteiger partial charge on any atom is -0.481 e. The number of hydrogen-bond donors (Lipinski definition) is 1. The van der Waals surface area contributed by atoms with Crippen LogP contribution in [0.25, 0.3) is 10.6 Å². The van der Waals surface area contributed by atoms with Gasteiger partial charge in [-0.2, -0.15) is 0 Å². The van der Waals surface area contributed by atoms with E-state index in [2.05, 4.69) is 4.98 Å². The maximum absolute atomic E-state index is 13.7. The van der Waals surface area contributed by atoms with Gasteiger partial charge in [-0.15, -0.1) is 11.3 Å². The highest BCUT2D eigenvalue weighted by Gasteiger charge is 2.22. The molecule has 1 heterocycles. The summed E-state index contributed by atoms with van der Waals surface area (Å²) >= 11 is 0.947. The van der Waals surface area contributed by atoms with Crippen LogP contribution in [0.3, 0.4) is 0 Å². The van der Waals surface area contributed by atoms with Crippen molar-refractivity contribution in [2.75, 3.05) is 13.6 Å². The lowest BCUT2D eigenvalue weighted by Gasteiger charge is -2.18. The van der Waals surface area contributed by atoms with E-state index in [-0.39, 0.29) is 22.8 Å². The van der Waals surface area contributed by atoms with Crippen molar-refractivity contribution in [3.8, 4) is 10.6 Å². The molecule has 0 aliphatic carbocycles. The lowest BCUT2D eigenvalue weighted by molar-refractivity contribution is -0.141. The predicted molar refractivity (Wildman–Crippen MR) is 81.2 cm³/mol. The first kappa shape index (κ1) is 17.0. The summed E-state index contributed by atoms with van der Waals surface area (Å²) in [6, 6.07) is 3.47. The van der Waals surface area contributed by atoms with Crippen LogP contribution in [0, 0.1) is 17.6 Å². The Morgan fingerprint density at radius 1 is 1.35 bits per heavy atom. The molecule has 1 atom stereocenters. The molecule has 122 valence electrons. The average Bonchev–Trinajstić information content (AvgIpc) is 2.95. The fourth-order valence-corrected chi connectivity index (χ4v) is 2.80. The van der Waals surface area contributed by atoms with Gasteiger partial charge in [0.25, 0.3) is 5.91 Å². The number of carbonyl (C=O) groups is 2. The number of carboxylic acids is 1. The van der Waals surface area contributed by atoms with Crippen LogP contribution in [0.4, 0.5) is 8.78 Å². The molecule has 0 saturated heterocycles. The molecule has 1 unspecified atom stereocenters. The number of aliphatic carboxylic acids is 1. The topological polar surface area (TPSA) is 70.5 Å². The Morgan fingerprint density at radius 3 is 2.52 bits per heavy atom. The zero-order chi connectivity index (χ0) is 17.1. The van der Waals surface area contributed by atoms with E-state index in [4.69, 9.17) is 5.11 Å². The number of rotatable bonds is 5. The average molecular weight is 340 g/mol. The van der Waals surface area contributed by atoms with Crippen LogP contribution in [-0.4, -0.2) is 40.5 Å². The highest BCUT2D eigenvalue weighted by molar-refractivity contribution is 7.13. The molecule has 0 fully saturated rings. The van der Waals surface area contributed by atoms with E-state index in [1.807, 2.05) is 0 Å². The largest absolute Gasteiger partial charge is 0.481 e. The molecular weight excluding hydrogens is 326 g/mol. The van der Waals surface area contributed by atoms with Crippen molar-refractivity contribution >= 4 is 23.2 Å². The quantitative estimate of drug-likeness (QED) is 0.908. The maximum atomic E-state index is 13.7. The monoisotopic (exact) mass is 340 g/mol. The lowest BCUT2D eigenvalue weighted by atomic mass is 10.2. The Hall–Kier alpha value is -2.35. The van der Waals surface area contributed by atoms with E-state index in [1.54, 1.807) is 0 Å². The third kappa shape index (κ3) is 3.70. The fourth-order valence-electron chi connectivity index (χ4n) is 1.96. The minimum absolute atomic E-state index is 0.00901. The second-order valence-corrected chi connectivity index (χ2v) is 5.92. The van der Waals surface area contributed by atoms with Gasteiger partial charge in [0, 0.05) is 19.0 Å². The van der Waals surface area contributed by atoms with Crippen molar-refractivity contribution in [3.63, 3.8) is 0 Å². The Labute approximate surface area is 135 Å². The van der Waals surface area contributed by atoms with Gasteiger partial charge in [0.05, 0.1) is 11.5 Å². The molecule has 0 bridgehead atoms. The van der Waals surface area contributed by atoms with Gasteiger partial charge in [-0.1, -0.05) is 13.0 Å². The van der Waals surface area contributed by atoms with Crippen molar-refractivity contribution in [1.82, 2.24) is 9.88 Å². The summed E-state index contributed by atoms with van der Waals surface area (Å²) in [7, 11) is 1.45. The standard InChI is InChI=1S/C15H14F2N2O3S/c1-8(15(21)22)6-19(2)14(20)11-7-23-13(18-11)12-9(16)4-3-5-10(12)17/h3-5,7-8H,6H2,1-2H3,(H,21,22). The number of nitrogens with zero attached hydrogens (tertiary/aromatic N) is 2. The van der Waals surface area contributed by atoms with Crippen LogP contribution in [0.1, 0.15) is 17.4 Å². The second kappa shape index (κ2) is 6.82. The molecule has 0 aliphatic heterocycles. The normalized spacial score (nSPS) is 12.0. The zero-order valence-electron chi connectivity index (χ0n) is 12.4. The van der Waals surface area contributed by atoms with Gasteiger partial charge in [0.15, 0.2) is 0 Å². The smallest absolute Gasteiger partial charge is 0.308 e. The third-order valence-corrected chi connectivity index (χ3v) is 4.08. The summed E-state index contributed by atoms with van der Waals surface area (Å²) in [6.07, 6.45) is 0. The number of carbonyl (C=O) groups excluding carboxylic acids is 1. The van der Waals surface area contributed by atoms with E-state index in [1.165, 1.54) is 30.3 Å². The number of benzene rings is 1. The summed E-state index contributed by atoms with van der Waals surface area (Å²) in [5, 5.41) is 10.3. The van der Waals surface area contributed by atoms with E-state index in [9.17, 15) is 18.4 Å². The fraction of sp³-hybridized carbons (Fsp3) is 0.267. The molecule has 0 aliphatic rings. The zero-order valence-corrected chi connectivity index (χ0v) is 13.2. The van der Waals surface area contributed by atoms with Gasteiger partial charge in [-0.3, -0.25) is 9.59 Å². The molecule has 1 aromatic heterocycles. The molecule has 5 nitrogen and oxygen atoms in total. The van der Waals surface area contributed by atoms with E-state index in [0.717, 1.165) is 23.5 Å². The third-order valence-electron chi connectivity index (χ3n) is 3.22. The van der Waals surface area contributed by atoms with E-state index >= 15 is 0 Å². The van der Waals surface area contributed by atoms with Crippen LogP contribution < -0.4 is 0 Å². The Bertz CT molecular complexity index is 728. The van der Waals surface area contributed by atoms with Crippen LogP contribution >= 0.6 is 11.3 Å². The summed E-state index contributed by atoms with van der Waals surface area (Å²) in [4.78, 5) is 28.2. The number of carboxylic acid groups (broad SMARTS) is 1. The number of aromatic nitrogens is 1. The molecule has 23 heavy (non-hydrogen) atoms. The number of amides is 1. The second-order valence-electron chi connectivity index (χ2n) is 5.06. The van der Waals surface area contributed by atoms with Gasteiger partial charge in [-0.25, -0.2) is 13.8 Å². The summed E-state index contributed by atoms with van der Waals surface area (Å²) < 4.78 is 27.5. The molecule has 0 radical (unpaired) electrons.